The van der Waals surface area contributed by atoms with Crippen LogP contribution >= 0.6 is 23.5 Å². The zero-order valence-corrected chi connectivity index (χ0v) is 12.9. The molecule has 1 atom stereocenters. The van der Waals surface area contributed by atoms with E-state index in [1.54, 1.807) is 12.1 Å². The normalized spacial score (nSPS) is 26.0. The molecule has 2 saturated heterocycles. The number of nitro benzene ring substituents is 1. The van der Waals surface area contributed by atoms with Crippen LogP contribution < -0.4 is 0 Å². The van der Waals surface area contributed by atoms with Crippen molar-refractivity contribution in [2.75, 3.05) is 18.1 Å². The van der Waals surface area contributed by atoms with Gasteiger partial charge < -0.3 is 4.90 Å². The first-order chi connectivity index (χ1) is 10.1. The standard InChI is InChI=1S/C14H14N2O3S2/c17-13-9-2-1-3-10(16(18)19)12(9)11-8-14(4-5-15(11)13)20-6-7-21-14/h1-3,11H,4-8H2. The lowest BCUT2D eigenvalue weighted by molar-refractivity contribution is -0.385. The first-order valence-corrected chi connectivity index (χ1v) is 8.95. The fourth-order valence-corrected chi connectivity index (χ4v) is 6.88. The van der Waals surface area contributed by atoms with E-state index in [9.17, 15) is 14.9 Å². The molecule has 110 valence electrons. The maximum absolute atomic E-state index is 12.5. The highest BCUT2D eigenvalue weighted by Gasteiger charge is 2.50. The lowest BCUT2D eigenvalue weighted by Crippen LogP contribution is -2.41. The van der Waals surface area contributed by atoms with Crippen molar-refractivity contribution >= 4 is 35.1 Å². The van der Waals surface area contributed by atoms with Gasteiger partial charge in [-0.1, -0.05) is 6.07 Å². The van der Waals surface area contributed by atoms with Crippen molar-refractivity contribution in [1.29, 1.82) is 0 Å². The lowest BCUT2D eigenvalue weighted by atomic mass is 9.95. The molecule has 1 spiro atoms. The van der Waals surface area contributed by atoms with Gasteiger partial charge >= 0.3 is 0 Å². The van der Waals surface area contributed by atoms with Crippen LogP contribution in [0.2, 0.25) is 0 Å². The number of amides is 1. The first kappa shape index (κ1) is 13.5. The molecule has 21 heavy (non-hydrogen) atoms. The minimum atomic E-state index is -0.355. The van der Waals surface area contributed by atoms with Crippen LogP contribution in [0.3, 0.4) is 0 Å². The summed E-state index contributed by atoms with van der Waals surface area (Å²) in [5.74, 6) is 2.23. The molecule has 5 nitrogen and oxygen atoms in total. The SMILES string of the molecule is O=C1c2cccc([N+](=O)[O-])c2C2CC3(CCN12)SCCS3. The van der Waals surface area contributed by atoms with E-state index in [0.29, 0.717) is 17.7 Å². The summed E-state index contributed by atoms with van der Waals surface area (Å²) in [6, 6.07) is 4.74. The Kier molecular flexibility index (Phi) is 2.97. The minimum absolute atomic E-state index is 0.0402. The summed E-state index contributed by atoms with van der Waals surface area (Å²) in [4.78, 5) is 25.3. The van der Waals surface area contributed by atoms with E-state index in [0.717, 1.165) is 24.3 Å². The third kappa shape index (κ3) is 1.90. The quantitative estimate of drug-likeness (QED) is 0.587. The van der Waals surface area contributed by atoms with E-state index in [1.807, 2.05) is 28.4 Å². The van der Waals surface area contributed by atoms with Crippen LogP contribution in [0, 0.1) is 10.1 Å². The molecule has 0 N–H and O–H groups in total. The number of piperidine rings is 1. The predicted molar refractivity (Wildman–Crippen MR) is 83.8 cm³/mol. The monoisotopic (exact) mass is 322 g/mol. The Bertz CT molecular complexity index is 643. The second kappa shape index (κ2) is 4.64. The highest BCUT2D eigenvalue weighted by molar-refractivity contribution is 8.21. The number of carbonyl (C=O) groups is 1. The number of carbonyl (C=O) groups excluding carboxylic acids is 1. The molecule has 1 aromatic carbocycles. The smallest absolute Gasteiger partial charge is 0.275 e. The highest BCUT2D eigenvalue weighted by atomic mass is 32.2. The summed E-state index contributed by atoms with van der Waals surface area (Å²) in [5, 5.41) is 11.3. The molecule has 0 aromatic heterocycles. The van der Waals surface area contributed by atoms with Gasteiger partial charge in [-0.15, -0.1) is 23.5 Å². The van der Waals surface area contributed by atoms with Crippen molar-refractivity contribution in [3.8, 4) is 0 Å². The Labute approximate surface area is 130 Å². The lowest BCUT2D eigenvalue weighted by Gasteiger charge is -2.40. The zero-order chi connectivity index (χ0) is 14.6. The van der Waals surface area contributed by atoms with Gasteiger partial charge in [-0.3, -0.25) is 14.9 Å². The largest absolute Gasteiger partial charge is 0.331 e. The average molecular weight is 322 g/mol. The summed E-state index contributed by atoms with van der Waals surface area (Å²) in [6.45, 7) is 0.704. The van der Waals surface area contributed by atoms with E-state index < -0.39 is 0 Å². The molecule has 4 rings (SSSR count). The van der Waals surface area contributed by atoms with Crippen LogP contribution in [0.1, 0.15) is 34.8 Å². The number of fused-ring (bicyclic) bond motifs is 3. The van der Waals surface area contributed by atoms with E-state index in [2.05, 4.69) is 0 Å². The van der Waals surface area contributed by atoms with E-state index in [1.165, 1.54) is 6.07 Å². The van der Waals surface area contributed by atoms with E-state index >= 15 is 0 Å². The fourth-order valence-electron chi connectivity index (χ4n) is 3.62. The third-order valence-corrected chi connectivity index (χ3v) is 8.11. The molecule has 3 aliphatic rings. The Morgan fingerprint density at radius 1 is 1.33 bits per heavy atom. The molecular formula is C14H14N2O3S2. The van der Waals surface area contributed by atoms with Crippen molar-refractivity contribution < 1.29 is 9.72 Å². The summed E-state index contributed by atoms with van der Waals surface area (Å²) < 4.78 is 0.146. The summed E-state index contributed by atoms with van der Waals surface area (Å²) in [6.07, 6.45) is 1.80. The van der Waals surface area contributed by atoms with E-state index in [-0.39, 0.29) is 26.6 Å². The van der Waals surface area contributed by atoms with Gasteiger partial charge in [-0.25, -0.2) is 0 Å². The maximum Gasteiger partial charge on any atom is 0.275 e. The number of hydrogen-bond acceptors (Lipinski definition) is 5. The van der Waals surface area contributed by atoms with Crippen molar-refractivity contribution in [2.24, 2.45) is 0 Å². The van der Waals surface area contributed by atoms with Crippen LogP contribution in [0.4, 0.5) is 5.69 Å². The minimum Gasteiger partial charge on any atom is -0.331 e. The van der Waals surface area contributed by atoms with Crippen LogP contribution in [-0.4, -0.2) is 37.9 Å². The van der Waals surface area contributed by atoms with Gasteiger partial charge in [0.2, 0.25) is 0 Å². The molecule has 0 radical (unpaired) electrons. The zero-order valence-electron chi connectivity index (χ0n) is 11.3. The third-order valence-electron chi connectivity index (χ3n) is 4.53. The predicted octanol–water partition coefficient (Wildman–Crippen LogP) is 3.06. The molecule has 7 heteroatoms. The van der Waals surface area contributed by atoms with Crippen molar-refractivity contribution in [2.45, 2.75) is 23.0 Å². The van der Waals surface area contributed by atoms with Gasteiger partial charge in [0.1, 0.15) is 0 Å². The molecule has 2 fully saturated rings. The molecule has 0 saturated carbocycles. The summed E-state index contributed by atoms with van der Waals surface area (Å²) in [7, 11) is 0. The molecule has 1 aromatic rings. The number of thioether (sulfide) groups is 2. The highest BCUT2D eigenvalue weighted by Crippen LogP contribution is 2.57. The number of nitrogens with zero attached hydrogens (tertiary/aromatic N) is 2. The van der Waals surface area contributed by atoms with Gasteiger partial charge in [-0.05, 0) is 18.9 Å². The Balaban J connectivity index is 1.80. The Morgan fingerprint density at radius 2 is 2.10 bits per heavy atom. The molecule has 3 aliphatic heterocycles. The van der Waals surface area contributed by atoms with Gasteiger partial charge in [0.25, 0.3) is 11.6 Å². The van der Waals surface area contributed by atoms with Gasteiger partial charge in [0.15, 0.2) is 0 Å². The summed E-state index contributed by atoms with van der Waals surface area (Å²) in [5.41, 5.74) is 1.26. The second-order valence-electron chi connectivity index (χ2n) is 5.57. The Morgan fingerprint density at radius 3 is 2.81 bits per heavy atom. The van der Waals surface area contributed by atoms with Crippen LogP contribution in [0.5, 0.6) is 0 Å². The molecule has 1 amide bonds. The van der Waals surface area contributed by atoms with Gasteiger partial charge in [0, 0.05) is 24.1 Å². The fraction of sp³-hybridized carbons (Fsp3) is 0.500. The molecular weight excluding hydrogens is 308 g/mol. The van der Waals surface area contributed by atoms with Crippen molar-refractivity contribution in [3.63, 3.8) is 0 Å². The average Bonchev–Trinajstić information content (AvgIpc) is 3.04. The van der Waals surface area contributed by atoms with Crippen molar-refractivity contribution in [1.82, 2.24) is 4.90 Å². The molecule has 1 unspecified atom stereocenters. The molecule has 3 heterocycles. The molecule has 0 bridgehead atoms. The van der Waals surface area contributed by atoms with Gasteiger partial charge in [0.05, 0.1) is 26.2 Å². The van der Waals surface area contributed by atoms with Crippen LogP contribution in [0.15, 0.2) is 18.2 Å². The van der Waals surface area contributed by atoms with Crippen LogP contribution in [-0.2, 0) is 0 Å². The first-order valence-electron chi connectivity index (χ1n) is 6.97. The van der Waals surface area contributed by atoms with E-state index in [4.69, 9.17) is 0 Å². The number of hydrogen-bond donors (Lipinski definition) is 0. The topological polar surface area (TPSA) is 63.4 Å². The Hall–Kier alpha value is -1.21. The maximum atomic E-state index is 12.5. The van der Waals surface area contributed by atoms with Gasteiger partial charge in [-0.2, -0.15) is 0 Å². The molecule has 0 aliphatic carbocycles. The number of rotatable bonds is 1. The second-order valence-corrected chi connectivity index (χ2v) is 8.79. The van der Waals surface area contributed by atoms with Crippen LogP contribution in [0.25, 0.3) is 0 Å². The summed E-state index contributed by atoms with van der Waals surface area (Å²) >= 11 is 3.92. The number of benzene rings is 1. The number of nitro groups is 1. The van der Waals surface area contributed by atoms with Crippen molar-refractivity contribution in [3.05, 3.63) is 39.4 Å².